The molecule has 1 N–H and O–H groups in total. The Balaban J connectivity index is 1.78. The van der Waals surface area contributed by atoms with Gasteiger partial charge in [0, 0.05) is 17.1 Å². The lowest BCUT2D eigenvalue weighted by Gasteiger charge is -2.27. The molecule has 21 heavy (non-hydrogen) atoms. The van der Waals surface area contributed by atoms with Gasteiger partial charge in [-0.1, -0.05) is 28.1 Å². The molecule has 0 bridgehead atoms. The molecular formula is C16H18BrNO3. The van der Waals surface area contributed by atoms with Gasteiger partial charge < -0.3 is 10.0 Å². The maximum Gasteiger partial charge on any atom is 0.305 e. The number of carboxylic acids is 1. The van der Waals surface area contributed by atoms with Gasteiger partial charge >= 0.3 is 5.97 Å². The molecule has 0 atom stereocenters. The van der Waals surface area contributed by atoms with E-state index in [1.807, 2.05) is 29.2 Å². The number of carboxylic acid groups (broad SMARTS) is 1. The molecule has 1 aromatic rings. The smallest absolute Gasteiger partial charge is 0.305 e. The van der Waals surface area contributed by atoms with Crippen LogP contribution in [0.5, 0.6) is 0 Å². The van der Waals surface area contributed by atoms with E-state index < -0.39 is 11.4 Å². The minimum atomic E-state index is -0.845. The third-order valence-corrected chi connectivity index (χ3v) is 4.90. The molecule has 1 amide bonds. The maximum absolute atomic E-state index is 12.9. The second kappa shape index (κ2) is 5.44. The summed E-state index contributed by atoms with van der Waals surface area (Å²) >= 11 is 3.41. The molecule has 0 radical (unpaired) electrons. The largest absolute Gasteiger partial charge is 0.481 e. The molecule has 0 aliphatic heterocycles. The van der Waals surface area contributed by atoms with Gasteiger partial charge in [-0.15, -0.1) is 0 Å². The van der Waals surface area contributed by atoms with Gasteiger partial charge in [0.1, 0.15) is 0 Å². The van der Waals surface area contributed by atoms with Gasteiger partial charge in [0.05, 0.1) is 11.8 Å². The standard InChI is InChI=1S/C16H18BrNO3/c17-12-3-1-11(2-4-12)16(8-9-16)15(21)18(13-5-6-13)10-7-14(19)20/h1-4,13H,5-10H2,(H,19,20). The number of amides is 1. The summed E-state index contributed by atoms with van der Waals surface area (Å²) in [7, 11) is 0. The number of aliphatic carboxylic acids is 1. The Labute approximate surface area is 132 Å². The average molecular weight is 352 g/mol. The van der Waals surface area contributed by atoms with Crippen molar-refractivity contribution < 1.29 is 14.7 Å². The van der Waals surface area contributed by atoms with Gasteiger partial charge in [0.15, 0.2) is 0 Å². The quantitative estimate of drug-likeness (QED) is 0.857. The predicted molar refractivity (Wildman–Crippen MR) is 82.0 cm³/mol. The lowest BCUT2D eigenvalue weighted by Crippen LogP contribution is -2.42. The fraction of sp³-hybridized carbons (Fsp3) is 0.500. The number of hydrogen-bond acceptors (Lipinski definition) is 2. The van der Waals surface area contributed by atoms with Gasteiger partial charge in [-0.3, -0.25) is 9.59 Å². The van der Waals surface area contributed by atoms with Gasteiger partial charge in [0.25, 0.3) is 0 Å². The Kier molecular flexibility index (Phi) is 3.78. The van der Waals surface area contributed by atoms with Crippen LogP contribution in [-0.4, -0.2) is 34.5 Å². The summed E-state index contributed by atoms with van der Waals surface area (Å²) in [6, 6.07) is 8.17. The van der Waals surface area contributed by atoms with Gasteiger partial charge in [-0.05, 0) is 43.4 Å². The third-order valence-electron chi connectivity index (χ3n) is 4.37. The van der Waals surface area contributed by atoms with E-state index in [1.54, 1.807) is 0 Å². The second-order valence-electron chi connectivity index (χ2n) is 5.96. The Bertz CT molecular complexity index is 561. The minimum Gasteiger partial charge on any atom is -0.481 e. The molecule has 112 valence electrons. The molecule has 5 heteroatoms. The molecule has 2 aliphatic carbocycles. The van der Waals surface area contributed by atoms with E-state index in [1.165, 1.54) is 0 Å². The van der Waals surface area contributed by atoms with E-state index in [0.717, 1.165) is 35.7 Å². The molecule has 0 unspecified atom stereocenters. The SMILES string of the molecule is O=C(O)CCN(C(=O)C1(c2ccc(Br)cc2)CC1)C1CC1. The lowest BCUT2D eigenvalue weighted by molar-refractivity contribution is -0.139. The second-order valence-corrected chi connectivity index (χ2v) is 6.88. The van der Waals surface area contributed by atoms with Crippen LogP contribution in [0.3, 0.4) is 0 Å². The molecule has 4 nitrogen and oxygen atoms in total. The van der Waals surface area contributed by atoms with Gasteiger partial charge in [0.2, 0.25) is 5.91 Å². The number of halogens is 1. The van der Waals surface area contributed by atoms with Crippen LogP contribution in [0.2, 0.25) is 0 Å². The molecule has 0 saturated heterocycles. The van der Waals surface area contributed by atoms with Crippen LogP contribution in [0.15, 0.2) is 28.7 Å². The molecule has 0 heterocycles. The van der Waals surface area contributed by atoms with E-state index in [-0.39, 0.29) is 18.4 Å². The summed E-state index contributed by atoms with van der Waals surface area (Å²) in [6.45, 7) is 0.330. The predicted octanol–water partition coefficient (Wildman–Crippen LogP) is 2.95. The van der Waals surface area contributed by atoms with Crippen molar-refractivity contribution >= 4 is 27.8 Å². The van der Waals surface area contributed by atoms with Crippen molar-refractivity contribution in [3.63, 3.8) is 0 Å². The van der Waals surface area contributed by atoms with Crippen molar-refractivity contribution in [3.05, 3.63) is 34.3 Å². The van der Waals surface area contributed by atoms with Crippen molar-refractivity contribution in [2.45, 2.75) is 43.6 Å². The van der Waals surface area contributed by atoms with Gasteiger partial charge in [-0.2, -0.15) is 0 Å². The van der Waals surface area contributed by atoms with E-state index in [9.17, 15) is 9.59 Å². The molecule has 3 rings (SSSR count). The molecular weight excluding hydrogens is 334 g/mol. The topological polar surface area (TPSA) is 57.6 Å². The van der Waals surface area contributed by atoms with Crippen LogP contribution in [-0.2, 0) is 15.0 Å². The van der Waals surface area contributed by atoms with Crippen LogP contribution in [0.1, 0.15) is 37.7 Å². The molecule has 2 aliphatic rings. The van der Waals surface area contributed by atoms with Crippen molar-refractivity contribution in [3.8, 4) is 0 Å². The number of nitrogens with zero attached hydrogens (tertiary/aromatic N) is 1. The highest BCUT2D eigenvalue weighted by molar-refractivity contribution is 9.10. The van der Waals surface area contributed by atoms with Crippen LogP contribution >= 0.6 is 15.9 Å². The molecule has 2 fully saturated rings. The van der Waals surface area contributed by atoms with Crippen molar-refractivity contribution in [1.82, 2.24) is 4.90 Å². The Morgan fingerprint density at radius 2 is 1.86 bits per heavy atom. The Morgan fingerprint density at radius 1 is 1.24 bits per heavy atom. The molecule has 0 spiro atoms. The molecule has 1 aromatic carbocycles. The van der Waals surface area contributed by atoms with Crippen LogP contribution in [0.4, 0.5) is 0 Å². The first-order chi connectivity index (χ1) is 10.0. The monoisotopic (exact) mass is 351 g/mol. The van der Waals surface area contributed by atoms with Crippen molar-refractivity contribution in [2.24, 2.45) is 0 Å². The molecule has 2 saturated carbocycles. The normalized spacial score (nSPS) is 19.1. The number of carbonyl (C=O) groups excluding carboxylic acids is 1. The Morgan fingerprint density at radius 3 is 2.33 bits per heavy atom. The summed E-state index contributed by atoms with van der Waals surface area (Å²) in [6.07, 6.45) is 3.76. The van der Waals surface area contributed by atoms with Crippen molar-refractivity contribution in [1.29, 1.82) is 0 Å². The van der Waals surface area contributed by atoms with E-state index in [4.69, 9.17) is 5.11 Å². The fourth-order valence-corrected chi connectivity index (χ4v) is 3.11. The number of rotatable bonds is 6. The van der Waals surface area contributed by atoms with E-state index in [2.05, 4.69) is 15.9 Å². The lowest BCUT2D eigenvalue weighted by atomic mass is 9.94. The van der Waals surface area contributed by atoms with E-state index >= 15 is 0 Å². The zero-order chi connectivity index (χ0) is 15.0. The summed E-state index contributed by atoms with van der Waals surface area (Å²) in [5.74, 6) is -0.726. The first kappa shape index (κ1) is 14.6. The van der Waals surface area contributed by atoms with Gasteiger partial charge in [-0.25, -0.2) is 0 Å². The van der Waals surface area contributed by atoms with Crippen molar-refractivity contribution in [2.75, 3.05) is 6.54 Å². The highest BCUT2D eigenvalue weighted by Gasteiger charge is 2.54. The maximum atomic E-state index is 12.9. The number of hydrogen-bond donors (Lipinski definition) is 1. The zero-order valence-corrected chi connectivity index (χ0v) is 13.3. The zero-order valence-electron chi connectivity index (χ0n) is 11.7. The van der Waals surface area contributed by atoms with Crippen LogP contribution in [0.25, 0.3) is 0 Å². The number of carbonyl (C=O) groups is 2. The summed E-state index contributed by atoms with van der Waals surface area (Å²) in [5, 5.41) is 8.87. The highest BCUT2D eigenvalue weighted by atomic mass is 79.9. The Hall–Kier alpha value is -1.36. The summed E-state index contributed by atoms with van der Waals surface area (Å²) < 4.78 is 0.999. The molecule has 0 aromatic heterocycles. The summed E-state index contributed by atoms with van der Waals surface area (Å²) in [4.78, 5) is 25.5. The summed E-state index contributed by atoms with van der Waals surface area (Å²) in [5.41, 5.74) is 0.651. The third kappa shape index (κ3) is 2.98. The minimum absolute atomic E-state index is 0.0264. The van der Waals surface area contributed by atoms with E-state index in [0.29, 0.717) is 6.54 Å². The first-order valence-electron chi connectivity index (χ1n) is 7.32. The number of benzene rings is 1. The fourth-order valence-electron chi connectivity index (χ4n) is 2.85. The van der Waals surface area contributed by atoms with Crippen LogP contribution in [0, 0.1) is 0 Å². The average Bonchev–Trinajstić information content (AvgIpc) is 3.33. The highest BCUT2D eigenvalue weighted by Crippen LogP contribution is 2.51. The first-order valence-corrected chi connectivity index (χ1v) is 8.11. The van der Waals surface area contributed by atoms with Crippen LogP contribution < -0.4 is 0 Å².